The van der Waals surface area contributed by atoms with Crippen LogP contribution in [-0.4, -0.2) is 44.4 Å². The molecule has 1 aliphatic heterocycles. The van der Waals surface area contributed by atoms with Crippen molar-refractivity contribution in [3.63, 3.8) is 0 Å². The molecule has 0 bridgehead atoms. The van der Waals surface area contributed by atoms with E-state index in [1.807, 2.05) is 13.8 Å². The lowest BCUT2D eigenvalue weighted by atomic mass is 9.99. The second-order valence-corrected chi connectivity index (χ2v) is 6.01. The Balaban J connectivity index is 1.83. The van der Waals surface area contributed by atoms with Crippen molar-refractivity contribution in [2.24, 2.45) is 5.92 Å². The normalized spacial score (nSPS) is 14.5. The number of methoxy groups -OCH3 is 1. The van der Waals surface area contributed by atoms with Gasteiger partial charge in [0.05, 0.1) is 7.11 Å². The maximum atomic E-state index is 12.0. The Morgan fingerprint density at radius 3 is 2.70 bits per heavy atom. The van der Waals surface area contributed by atoms with Crippen LogP contribution in [0, 0.1) is 5.92 Å². The summed E-state index contributed by atoms with van der Waals surface area (Å²) in [6, 6.07) is 4.45. The summed E-state index contributed by atoms with van der Waals surface area (Å²) in [6.07, 6.45) is 3.42. The van der Waals surface area contributed by atoms with E-state index in [4.69, 9.17) is 14.2 Å². The van der Waals surface area contributed by atoms with Gasteiger partial charge in [-0.1, -0.05) is 26.3 Å². The predicted octanol–water partition coefficient (Wildman–Crippen LogP) is 1.68. The molecule has 1 heterocycles. The monoisotopic (exact) mass is 377 g/mol. The lowest BCUT2D eigenvalue weighted by Crippen LogP contribution is -2.47. The van der Waals surface area contributed by atoms with Gasteiger partial charge in [0.2, 0.25) is 6.79 Å². The minimum Gasteiger partial charge on any atom is -0.467 e. The number of carbonyl (C=O) groups is 3. The summed E-state index contributed by atoms with van der Waals surface area (Å²) in [7, 11) is 1.25. The van der Waals surface area contributed by atoms with Crippen LogP contribution < -0.4 is 14.8 Å². The molecule has 1 amide bonds. The lowest BCUT2D eigenvalue weighted by molar-refractivity contribution is -0.148. The molecule has 1 N–H and O–H groups in total. The lowest BCUT2D eigenvalue weighted by Gasteiger charge is -2.21. The minimum absolute atomic E-state index is 0.108. The average Bonchev–Trinajstić information content (AvgIpc) is 3.15. The van der Waals surface area contributed by atoms with Gasteiger partial charge in [0.25, 0.3) is 5.91 Å². The van der Waals surface area contributed by atoms with E-state index >= 15 is 0 Å². The van der Waals surface area contributed by atoms with Gasteiger partial charge in [0.15, 0.2) is 18.1 Å². The van der Waals surface area contributed by atoms with Crippen molar-refractivity contribution in [2.45, 2.75) is 26.3 Å². The molecule has 8 heteroatoms. The van der Waals surface area contributed by atoms with Crippen LogP contribution in [0.15, 0.2) is 24.3 Å². The molecule has 0 aromatic heterocycles. The van der Waals surface area contributed by atoms with Gasteiger partial charge in [-0.25, -0.2) is 9.59 Å². The molecule has 1 aliphatic rings. The number of carbonyl (C=O) groups excluding carboxylic acids is 3. The molecule has 0 spiro atoms. The third kappa shape index (κ3) is 5.73. The van der Waals surface area contributed by atoms with Crippen molar-refractivity contribution in [1.82, 2.24) is 5.32 Å². The molecular weight excluding hydrogens is 354 g/mol. The topological polar surface area (TPSA) is 100 Å². The fraction of sp³-hybridized carbons (Fsp3) is 0.421. The third-order valence-corrected chi connectivity index (χ3v) is 4.14. The molecule has 0 saturated heterocycles. The molecule has 0 saturated carbocycles. The highest BCUT2D eigenvalue weighted by Crippen LogP contribution is 2.32. The van der Waals surface area contributed by atoms with E-state index in [-0.39, 0.29) is 12.7 Å². The van der Waals surface area contributed by atoms with Crippen LogP contribution in [0.3, 0.4) is 0 Å². The van der Waals surface area contributed by atoms with E-state index in [0.29, 0.717) is 17.9 Å². The van der Waals surface area contributed by atoms with Crippen molar-refractivity contribution < 1.29 is 33.3 Å². The van der Waals surface area contributed by atoms with Crippen molar-refractivity contribution in [2.75, 3.05) is 20.5 Å². The first kappa shape index (κ1) is 20.3. The zero-order valence-corrected chi connectivity index (χ0v) is 15.5. The number of hydrogen-bond acceptors (Lipinski definition) is 7. The van der Waals surface area contributed by atoms with Crippen LogP contribution in [0.5, 0.6) is 11.5 Å². The summed E-state index contributed by atoms with van der Waals surface area (Å²) >= 11 is 0. The average molecular weight is 377 g/mol. The number of rotatable bonds is 8. The molecule has 0 radical (unpaired) electrons. The molecule has 2 atom stereocenters. The molecule has 0 aliphatic carbocycles. The quantitative estimate of drug-likeness (QED) is 0.543. The Kier molecular flexibility index (Phi) is 7.22. The Morgan fingerprint density at radius 1 is 1.26 bits per heavy atom. The van der Waals surface area contributed by atoms with E-state index < -0.39 is 30.5 Å². The molecule has 27 heavy (non-hydrogen) atoms. The highest BCUT2D eigenvalue weighted by molar-refractivity contribution is 5.90. The smallest absolute Gasteiger partial charge is 0.331 e. The van der Waals surface area contributed by atoms with Gasteiger partial charge >= 0.3 is 11.9 Å². The summed E-state index contributed by atoms with van der Waals surface area (Å²) < 4.78 is 20.1. The molecule has 1 aromatic carbocycles. The number of hydrogen-bond donors (Lipinski definition) is 1. The number of ether oxygens (including phenoxy) is 4. The van der Waals surface area contributed by atoms with Crippen molar-refractivity contribution in [3.05, 3.63) is 29.8 Å². The van der Waals surface area contributed by atoms with Crippen LogP contribution in [-0.2, 0) is 23.9 Å². The SMILES string of the molecule is CC[C@H](C)[C@H](NC(=O)COC(=O)/C=C/c1ccc2c(c1)OCO2)C(=O)OC. The number of fused-ring (bicyclic) bond motifs is 1. The van der Waals surface area contributed by atoms with Gasteiger partial charge < -0.3 is 24.3 Å². The Labute approximate surface area is 157 Å². The van der Waals surface area contributed by atoms with Crippen molar-refractivity contribution in [1.29, 1.82) is 0 Å². The molecular formula is C19H23NO7. The summed E-state index contributed by atoms with van der Waals surface area (Å²) in [5, 5.41) is 2.53. The highest BCUT2D eigenvalue weighted by Gasteiger charge is 2.26. The summed E-state index contributed by atoms with van der Waals surface area (Å²) in [4.78, 5) is 35.5. The third-order valence-electron chi connectivity index (χ3n) is 4.14. The predicted molar refractivity (Wildman–Crippen MR) is 96.0 cm³/mol. The first-order valence-electron chi connectivity index (χ1n) is 8.56. The summed E-state index contributed by atoms with van der Waals surface area (Å²) in [5.41, 5.74) is 0.725. The van der Waals surface area contributed by atoms with Gasteiger partial charge in [-0.15, -0.1) is 0 Å². The molecule has 0 unspecified atom stereocenters. The minimum atomic E-state index is -0.782. The maximum absolute atomic E-state index is 12.0. The van der Waals surface area contributed by atoms with Crippen LogP contribution >= 0.6 is 0 Å². The molecule has 2 rings (SSSR count). The van der Waals surface area contributed by atoms with Crippen molar-refractivity contribution >= 4 is 23.9 Å². The summed E-state index contributed by atoms with van der Waals surface area (Å²) in [6.45, 7) is 3.40. The van der Waals surface area contributed by atoms with Gasteiger partial charge in [0, 0.05) is 6.08 Å². The maximum Gasteiger partial charge on any atom is 0.331 e. The summed E-state index contributed by atoms with van der Waals surface area (Å²) in [5.74, 6) is -0.650. The largest absolute Gasteiger partial charge is 0.467 e. The second kappa shape index (κ2) is 9.61. The zero-order valence-electron chi connectivity index (χ0n) is 15.5. The zero-order chi connectivity index (χ0) is 19.8. The molecule has 146 valence electrons. The number of esters is 2. The van der Waals surface area contributed by atoms with Gasteiger partial charge in [-0.05, 0) is 29.7 Å². The number of benzene rings is 1. The molecule has 0 fully saturated rings. The first-order valence-corrected chi connectivity index (χ1v) is 8.56. The first-order chi connectivity index (χ1) is 12.9. The van der Waals surface area contributed by atoms with Crippen LogP contribution in [0.1, 0.15) is 25.8 Å². The van der Waals surface area contributed by atoms with Crippen LogP contribution in [0.25, 0.3) is 6.08 Å². The van der Waals surface area contributed by atoms with Gasteiger partial charge in [0.1, 0.15) is 6.04 Å². The highest BCUT2D eigenvalue weighted by atomic mass is 16.7. The fourth-order valence-corrected chi connectivity index (χ4v) is 2.38. The van der Waals surface area contributed by atoms with E-state index in [1.54, 1.807) is 24.3 Å². The molecule has 1 aromatic rings. The van der Waals surface area contributed by atoms with E-state index in [0.717, 1.165) is 5.56 Å². The molecule has 8 nitrogen and oxygen atoms in total. The van der Waals surface area contributed by atoms with Crippen molar-refractivity contribution in [3.8, 4) is 11.5 Å². The van der Waals surface area contributed by atoms with Crippen LogP contribution in [0.2, 0.25) is 0 Å². The Bertz CT molecular complexity index is 729. The standard InChI is InChI=1S/C19H23NO7/c1-4-12(2)18(19(23)24-3)20-16(21)10-25-17(22)8-6-13-5-7-14-15(9-13)27-11-26-14/h5-9,12,18H,4,10-11H2,1-3H3,(H,20,21)/b8-6+/t12-,18-/m0/s1. The van der Waals surface area contributed by atoms with Gasteiger partial charge in [-0.3, -0.25) is 4.79 Å². The Hall–Kier alpha value is -3.03. The van der Waals surface area contributed by atoms with E-state index in [2.05, 4.69) is 10.1 Å². The van der Waals surface area contributed by atoms with E-state index in [1.165, 1.54) is 13.2 Å². The Morgan fingerprint density at radius 2 is 2.00 bits per heavy atom. The number of nitrogens with one attached hydrogen (secondary N) is 1. The van der Waals surface area contributed by atoms with Gasteiger partial charge in [-0.2, -0.15) is 0 Å². The van der Waals surface area contributed by atoms with Crippen LogP contribution in [0.4, 0.5) is 0 Å². The second-order valence-electron chi connectivity index (χ2n) is 6.01. The fourth-order valence-electron chi connectivity index (χ4n) is 2.38. The van der Waals surface area contributed by atoms with E-state index in [9.17, 15) is 14.4 Å². The number of amides is 1.